The van der Waals surface area contributed by atoms with Crippen LogP contribution < -0.4 is 10.6 Å². The van der Waals surface area contributed by atoms with E-state index < -0.39 is 0 Å². The number of nitrogens with zero attached hydrogens (tertiary/aromatic N) is 1. The molecule has 1 aromatic carbocycles. The Bertz CT molecular complexity index is 572. The van der Waals surface area contributed by atoms with Crippen LogP contribution in [-0.2, 0) is 17.9 Å². The highest BCUT2D eigenvalue weighted by Crippen LogP contribution is 2.09. The SMILES string of the molecule is CCCNCc1cccn1CC(=O)Nc1ccc(C)cc1. The van der Waals surface area contributed by atoms with E-state index in [1.54, 1.807) is 0 Å². The Morgan fingerprint density at radius 3 is 2.67 bits per heavy atom. The molecular weight excluding hydrogens is 262 g/mol. The van der Waals surface area contributed by atoms with Crippen molar-refractivity contribution in [1.29, 1.82) is 0 Å². The van der Waals surface area contributed by atoms with Gasteiger partial charge in [-0.25, -0.2) is 0 Å². The molecule has 0 bridgehead atoms. The van der Waals surface area contributed by atoms with Gasteiger partial charge in [-0.05, 0) is 44.2 Å². The van der Waals surface area contributed by atoms with Gasteiger partial charge in [-0.2, -0.15) is 0 Å². The van der Waals surface area contributed by atoms with Crippen molar-refractivity contribution >= 4 is 11.6 Å². The number of carbonyl (C=O) groups excluding carboxylic acids is 1. The lowest BCUT2D eigenvalue weighted by Gasteiger charge is -2.10. The highest BCUT2D eigenvalue weighted by Gasteiger charge is 2.06. The molecule has 21 heavy (non-hydrogen) atoms. The van der Waals surface area contributed by atoms with E-state index in [9.17, 15) is 4.79 Å². The van der Waals surface area contributed by atoms with Gasteiger partial charge in [0.25, 0.3) is 0 Å². The number of amides is 1. The maximum absolute atomic E-state index is 12.1. The van der Waals surface area contributed by atoms with E-state index >= 15 is 0 Å². The number of aryl methyl sites for hydroxylation is 1. The zero-order valence-corrected chi connectivity index (χ0v) is 12.7. The van der Waals surface area contributed by atoms with Crippen molar-refractivity contribution in [3.8, 4) is 0 Å². The zero-order chi connectivity index (χ0) is 15.1. The number of carbonyl (C=O) groups is 1. The quantitative estimate of drug-likeness (QED) is 0.768. The van der Waals surface area contributed by atoms with Crippen LogP contribution in [0.1, 0.15) is 24.6 Å². The Balaban J connectivity index is 1.90. The summed E-state index contributed by atoms with van der Waals surface area (Å²) in [5.41, 5.74) is 3.15. The van der Waals surface area contributed by atoms with Gasteiger partial charge in [0.05, 0.1) is 0 Å². The fourth-order valence-corrected chi connectivity index (χ4v) is 2.15. The van der Waals surface area contributed by atoms with Crippen molar-refractivity contribution in [2.24, 2.45) is 0 Å². The van der Waals surface area contributed by atoms with Crippen LogP contribution in [0.2, 0.25) is 0 Å². The number of hydrogen-bond donors (Lipinski definition) is 2. The predicted octanol–water partition coefficient (Wildman–Crippen LogP) is 2.93. The minimum Gasteiger partial charge on any atom is -0.341 e. The Labute approximate surface area is 126 Å². The summed E-state index contributed by atoms with van der Waals surface area (Å²) in [6, 6.07) is 11.8. The van der Waals surface area contributed by atoms with Crippen molar-refractivity contribution in [1.82, 2.24) is 9.88 Å². The molecule has 1 heterocycles. The summed E-state index contributed by atoms with van der Waals surface area (Å²) >= 11 is 0. The molecule has 4 nitrogen and oxygen atoms in total. The molecule has 0 radical (unpaired) electrons. The largest absolute Gasteiger partial charge is 0.341 e. The molecule has 2 rings (SSSR count). The Morgan fingerprint density at radius 2 is 1.95 bits per heavy atom. The van der Waals surface area contributed by atoms with Gasteiger partial charge in [0.1, 0.15) is 6.54 Å². The van der Waals surface area contributed by atoms with Crippen LogP contribution in [0.3, 0.4) is 0 Å². The lowest BCUT2D eigenvalue weighted by Crippen LogP contribution is -2.22. The molecule has 0 fully saturated rings. The lowest BCUT2D eigenvalue weighted by atomic mass is 10.2. The molecule has 1 amide bonds. The number of aromatic nitrogens is 1. The lowest BCUT2D eigenvalue weighted by molar-refractivity contribution is -0.116. The summed E-state index contributed by atoms with van der Waals surface area (Å²) in [5.74, 6) is -0.00760. The first-order valence-electron chi connectivity index (χ1n) is 7.40. The van der Waals surface area contributed by atoms with E-state index in [0.717, 1.165) is 30.9 Å². The maximum atomic E-state index is 12.1. The van der Waals surface area contributed by atoms with Crippen molar-refractivity contribution < 1.29 is 4.79 Å². The Hall–Kier alpha value is -2.07. The fourth-order valence-electron chi connectivity index (χ4n) is 2.15. The third-order valence-corrected chi connectivity index (χ3v) is 3.31. The maximum Gasteiger partial charge on any atom is 0.244 e. The molecule has 0 saturated heterocycles. The summed E-state index contributed by atoms with van der Waals surface area (Å²) in [4.78, 5) is 12.1. The van der Waals surface area contributed by atoms with E-state index in [2.05, 4.69) is 17.6 Å². The zero-order valence-electron chi connectivity index (χ0n) is 12.7. The van der Waals surface area contributed by atoms with Crippen LogP contribution in [0.4, 0.5) is 5.69 Å². The monoisotopic (exact) mass is 285 g/mol. The molecular formula is C17H23N3O. The third-order valence-electron chi connectivity index (χ3n) is 3.31. The number of rotatable bonds is 7. The fraction of sp³-hybridized carbons (Fsp3) is 0.353. The molecule has 1 aromatic heterocycles. The standard InChI is InChI=1S/C17H23N3O/c1-3-10-18-12-16-5-4-11-20(16)13-17(21)19-15-8-6-14(2)7-9-15/h4-9,11,18H,3,10,12-13H2,1-2H3,(H,19,21). The van der Waals surface area contributed by atoms with Crippen LogP contribution in [0.25, 0.3) is 0 Å². The van der Waals surface area contributed by atoms with Gasteiger partial charge in [0.15, 0.2) is 0 Å². The average molecular weight is 285 g/mol. The molecule has 0 saturated carbocycles. The average Bonchev–Trinajstić information content (AvgIpc) is 2.89. The molecule has 0 unspecified atom stereocenters. The molecule has 2 aromatic rings. The summed E-state index contributed by atoms with van der Waals surface area (Å²) in [5, 5.41) is 6.28. The summed E-state index contributed by atoms with van der Waals surface area (Å²) in [6.07, 6.45) is 3.05. The van der Waals surface area contributed by atoms with Crippen LogP contribution >= 0.6 is 0 Å². The summed E-state index contributed by atoms with van der Waals surface area (Å²) in [6.45, 7) is 6.28. The van der Waals surface area contributed by atoms with Gasteiger partial charge >= 0.3 is 0 Å². The first-order chi connectivity index (χ1) is 10.2. The van der Waals surface area contributed by atoms with Gasteiger partial charge < -0.3 is 15.2 Å². The van der Waals surface area contributed by atoms with Gasteiger partial charge in [-0.1, -0.05) is 24.6 Å². The Kier molecular flexibility index (Phi) is 5.58. The number of hydrogen-bond acceptors (Lipinski definition) is 2. The number of benzene rings is 1. The van der Waals surface area contributed by atoms with Gasteiger partial charge in [0.2, 0.25) is 5.91 Å². The third kappa shape index (κ3) is 4.76. The van der Waals surface area contributed by atoms with E-state index in [1.807, 2.05) is 54.1 Å². The van der Waals surface area contributed by atoms with E-state index in [4.69, 9.17) is 0 Å². The first kappa shape index (κ1) is 15.3. The molecule has 2 N–H and O–H groups in total. The van der Waals surface area contributed by atoms with Crippen molar-refractivity contribution in [2.75, 3.05) is 11.9 Å². The van der Waals surface area contributed by atoms with E-state index in [0.29, 0.717) is 6.54 Å². The van der Waals surface area contributed by atoms with Crippen molar-refractivity contribution in [3.63, 3.8) is 0 Å². The number of anilines is 1. The second-order valence-electron chi connectivity index (χ2n) is 5.22. The predicted molar refractivity (Wildman–Crippen MR) is 86.2 cm³/mol. The van der Waals surface area contributed by atoms with Crippen LogP contribution in [0.15, 0.2) is 42.6 Å². The second-order valence-corrected chi connectivity index (χ2v) is 5.22. The summed E-state index contributed by atoms with van der Waals surface area (Å²) < 4.78 is 1.98. The van der Waals surface area contributed by atoms with Crippen LogP contribution in [0.5, 0.6) is 0 Å². The smallest absolute Gasteiger partial charge is 0.244 e. The van der Waals surface area contributed by atoms with Gasteiger partial charge in [0, 0.05) is 24.1 Å². The minimum absolute atomic E-state index is 0.00760. The Morgan fingerprint density at radius 1 is 1.19 bits per heavy atom. The molecule has 0 aliphatic heterocycles. The summed E-state index contributed by atoms with van der Waals surface area (Å²) in [7, 11) is 0. The first-order valence-corrected chi connectivity index (χ1v) is 7.40. The molecule has 112 valence electrons. The minimum atomic E-state index is -0.00760. The van der Waals surface area contributed by atoms with Crippen LogP contribution in [-0.4, -0.2) is 17.0 Å². The van der Waals surface area contributed by atoms with E-state index in [-0.39, 0.29) is 5.91 Å². The van der Waals surface area contributed by atoms with Crippen molar-refractivity contribution in [2.45, 2.75) is 33.4 Å². The van der Waals surface area contributed by atoms with E-state index in [1.165, 1.54) is 5.56 Å². The normalized spacial score (nSPS) is 10.6. The second kappa shape index (κ2) is 7.64. The van der Waals surface area contributed by atoms with Gasteiger partial charge in [-0.15, -0.1) is 0 Å². The van der Waals surface area contributed by atoms with Crippen LogP contribution in [0, 0.1) is 6.92 Å². The topological polar surface area (TPSA) is 46.1 Å². The number of nitrogens with one attached hydrogen (secondary N) is 2. The highest BCUT2D eigenvalue weighted by molar-refractivity contribution is 5.90. The molecule has 0 atom stereocenters. The van der Waals surface area contributed by atoms with Gasteiger partial charge in [-0.3, -0.25) is 4.79 Å². The molecule has 0 spiro atoms. The molecule has 0 aliphatic rings. The molecule has 0 aliphatic carbocycles. The molecule has 4 heteroatoms. The highest BCUT2D eigenvalue weighted by atomic mass is 16.1. The van der Waals surface area contributed by atoms with Crippen molar-refractivity contribution in [3.05, 3.63) is 53.9 Å².